The van der Waals surface area contributed by atoms with E-state index in [0.29, 0.717) is 28.5 Å². The SMILES string of the molecule is CCc1cc(-c2cc(Cl)cc(Cl)c2)ccc1C1=C(O)C2(C)CCC(O2)C1=O. The van der Waals surface area contributed by atoms with E-state index < -0.39 is 11.7 Å². The summed E-state index contributed by atoms with van der Waals surface area (Å²) in [6.45, 7) is 3.88. The van der Waals surface area contributed by atoms with E-state index in [4.69, 9.17) is 27.9 Å². The molecule has 2 unspecified atom stereocenters. The molecule has 1 N–H and O–H groups in total. The summed E-state index contributed by atoms with van der Waals surface area (Å²) in [5.41, 5.74) is 3.28. The molecule has 0 spiro atoms. The molecule has 3 nitrogen and oxygen atoms in total. The summed E-state index contributed by atoms with van der Waals surface area (Å²) in [6, 6.07) is 11.3. The van der Waals surface area contributed by atoms with Crippen molar-refractivity contribution in [2.45, 2.75) is 44.8 Å². The maximum absolute atomic E-state index is 12.9. The lowest BCUT2D eigenvalue weighted by molar-refractivity contribution is -0.130. The Labute approximate surface area is 168 Å². The largest absolute Gasteiger partial charge is 0.508 e. The molecule has 2 atom stereocenters. The van der Waals surface area contributed by atoms with Crippen molar-refractivity contribution in [1.29, 1.82) is 0 Å². The van der Waals surface area contributed by atoms with Gasteiger partial charge >= 0.3 is 0 Å². The molecule has 2 aliphatic rings. The molecule has 27 heavy (non-hydrogen) atoms. The fraction of sp³-hybridized carbons (Fsp3) is 0.318. The van der Waals surface area contributed by atoms with Gasteiger partial charge in [0, 0.05) is 10.0 Å². The molecule has 0 aliphatic carbocycles. The molecular weight excluding hydrogens is 383 g/mol. The van der Waals surface area contributed by atoms with Gasteiger partial charge in [-0.25, -0.2) is 0 Å². The third-order valence-corrected chi connectivity index (χ3v) is 5.95. The van der Waals surface area contributed by atoms with Crippen LogP contribution in [0.25, 0.3) is 16.7 Å². The van der Waals surface area contributed by atoms with Crippen molar-refractivity contribution in [3.8, 4) is 11.1 Å². The van der Waals surface area contributed by atoms with Gasteiger partial charge < -0.3 is 9.84 Å². The third kappa shape index (κ3) is 3.08. The number of halogens is 2. The molecular formula is C22H20Cl2O3. The van der Waals surface area contributed by atoms with E-state index in [0.717, 1.165) is 28.7 Å². The highest BCUT2D eigenvalue weighted by Gasteiger charge is 2.50. The Kier molecular flexibility index (Phi) is 4.58. The van der Waals surface area contributed by atoms with Gasteiger partial charge in [0.05, 0.1) is 5.57 Å². The predicted octanol–water partition coefficient (Wildman–Crippen LogP) is 6.01. The van der Waals surface area contributed by atoms with Gasteiger partial charge in [0.1, 0.15) is 17.5 Å². The molecule has 2 aromatic carbocycles. The van der Waals surface area contributed by atoms with Gasteiger partial charge in [-0.3, -0.25) is 4.79 Å². The number of fused-ring (bicyclic) bond motifs is 2. The Balaban J connectivity index is 1.84. The first-order valence-corrected chi connectivity index (χ1v) is 9.83. The standard InChI is InChI=1S/C22H20Cl2O3/c1-3-12-8-13(14-9-15(23)11-16(24)10-14)4-5-17(12)19-20(25)18-6-7-22(2,27-18)21(19)26/h4-5,8-11,18,26H,3,6-7H2,1-2H3. The predicted molar refractivity (Wildman–Crippen MR) is 108 cm³/mol. The van der Waals surface area contributed by atoms with E-state index in [1.54, 1.807) is 6.07 Å². The number of Topliss-reactive ketones (excluding diaryl/α,β-unsaturated/α-hetero) is 1. The first kappa shape index (κ1) is 18.5. The number of rotatable bonds is 3. The minimum atomic E-state index is -0.766. The molecule has 140 valence electrons. The van der Waals surface area contributed by atoms with E-state index in [1.807, 2.05) is 44.2 Å². The smallest absolute Gasteiger partial charge is 0.195 e. The van der Waals surface area contributed by atoms with Crippen molar-refractivity contribution in [1.82, 2.24) is 0 Å². The van der Waals surface area contributed by atoms with Crippen LogP contribution in [0, 0.1) is 0 Å². The number of aliphatic hydroxyl groups is 1. The minimum Gasteiger partial charge on any atom is -0.508 e. The van der Waals surface area contributed by atoms with Crippen LogP contribution in [0.15, 0.2) is 42.2 Å². The first-order valence-electron chi connectivity index (χ1n) is 9.08. The fourth-order valence-electron chi connectivity index (χ4n) is 4.03. The van der Waals surface area contributed by atoms with E-state index in [9.17, 15) is 9.90 Å². The van der Waals surface area contributed by atoms with Crippen LogP contribution in [0.5, 0.6) is 0 Å². The summed E-state index contributed by atoms with van der Waals surface area (Å²) in [6.07, 6.45) is 1.56. The second kappa shape index (κ2) is 6.66. The lowest BCUT2D eigenvalue weighted by Gasteiger charge is -2.31. The fourth-order valence-corrected chi connectivity index (χ4v) is 4.56. The Morgan fingerprint density at radius 2 is 1.85 bits per heavy atom. The van der Waals surface area contributed by atoms with Crippen LogP contribution >= 0.6 is 23.2 Å². The van der Waals surface area contributed by atoms with Crippen molar-refractivity contribution in [3.63, 3.8) is 0 Å². The molecule has 2 heterocycles. The maximum atomic E-state index is 12.9. The Morgan fingerprint density at radius 3 is 2.52 bits per heavy atom. The zero-order valence-electron chi connectivity index (χ0n) is 15.2. The van der Waals surface area contributed by atoms with Gasteiger partial charge in [0.25, 0.3) is 0 Å². The van der Waals surface area contributed by atoms with Gasteiger partial charge in [-0.2, -0.15) is 0 Å². The number of ether oxygens (including phenoxy) is 1. The van der Waals surface area contributed by atoms with Crippen LogP contribution < -0.4 is 0 Å². The Morgan fingerprint density at radius 1 is 1.15 bits per heavy atom. The molecule has 2 bridgehead atoms. The molecule has 0 saturated carbocycles. The Bertz CT molecular complexity index is 959. The van der Waals surface area contributed by atoms with Gasteiger partial charge in [0.2, 0.25) is 0 Å². The van der Waals surface area contributed by atoms with E-state index in [1.165, 1.54) is 0 Å². The number of benzene rings is 2. The maximum Gasteiger partial charge on any atom is 0.195 e. The average Bonchev–Trinajstić information content (AvgIpc) is 3.01. The molecule has 0 amide bonds. The molecule has 2 aliphatic heterocycles. The minimum absolute atomic E-state index is 0.0505. The van der Waals surface area contributed by atoms with E-state index >= 15 is 0 Å². The molecule has 1 saturated heterocycles. The molecule has 5 heteroatoms. The number of aryl methyl sites for hydroxylation is 1. The monoisotopic (exact) mass is 402 g/mol. The highest BCUT2D eigenvalue weighted by molar-refractivity contribution is 6.35. The highest BCUT2D eigenvalue weighted by Crippen LogP contribution is 2.45. The van der Waals surface area contributed by atoms with Crippen molar-refractivity contribution < 1.29 is 14.6 Å². The summed E-state index contributed by atoms with van der Waals surface area (Å²) < 4.78 is 5.77. The third-order valence-electron chi connectivity index (χ3n) is 5.51. The molecule has 2 aromatic rings. The normalized spacial score (nSPS) is 24.6. The van der Waals surface area contributed by atoms with Crippen molar-refractivity contribution in [3.05, 3.63) is 63.3 Å². The highest BCUT2D eigenvalue weighted by atomic mass is 35.5. The van der Waals surface area contributed by atoms with Crippen LogP contribution in [0.1, 0.15) is 37.8 Å². The van der Waals surface area contributed by atoms with Crippen LogP contribution in [0.3, 0.4) is 0 Å². The second-order valence-electron chi connectivity index (χ2n) is 7.35. The summed E-state index contributed by atoms with van der Waals surface area (Å²) in [5.74, 6) is -0.0785. The van der Waals surface area contributed by atoms with E-state index in [-0.39, 0.29) is 11.5 Å². The number of ketones is 1. The van der Waals surface area contributed by atoms with E-state index in [2.05, 4.69) is 0 Å². The van der Waals surface area contributed by atoms with Crippen molar-refractivity contribution >= 4 is 34.6 Å². The van der Waals surface area contributed by atoms with Gasteiger partial charge in [-0.15, -0.1) is 0 Å². The molecule has 1 fully saturated rings. The number of carbonyl (C=O) groups is 1. The summed E-state index contributed by atoms with van der Waals surface area (Å²) in [7, 11) is 0. The summed E-state index contributed by atoms with van der Waals surface area (Å²) >= 11 is 12.3. The molecule has 0 aromatic heterocycles. The second-order valence-corrected chi connectivity index (χ2v) is 8.22. The molecule has 4 rings (SSSR count). The van der Waals surface area contributed by atoms with Gasteiger partial charge in [-0.05, 0) is 66.6 Å². The lowest BCUT2D eigenvalue weighted by Crippen LogP contribution is -2.37. The van der Waals surface area contributed by atoms with Crippen LogP contribution in [0.4, 0.5) is 0 Å². The number of hydrogen-bond donors (Lipinski definition) is 1. The van der Waals surface area contributed by atoms with Gasteiger partial charge in [0.15, 0.2) is 5.78 Å². The average molecular weight is 403 g/mol. The van der Waals surface area contributed by atoms with Crippen LogP contribution in [0.2, 0.25) is 10.0 Å². The summed E-state index contributed by atoms with van der Waals surface area (Å²) in [5, 5.41) is 12.0. The van der Waals surface area contributed by atoms with Crippen molar-refractivity contribution in [2.75, 3.05) is 0 Å². The lowest BCUT2D eigenvalue weighted by atomic mass is 9.87. The Hall–Kier alpha value is -1.81. The topological polar surface area (TPSA) is 46.5 Å². The molecule has 0 radical (unpaired) electrons. The summed E-state index contributed by atoms with van der Waals surface area (Å²) in [4.78, 5) is 12.9. The number of hydrogen-bond acceptors (Lipinski definition) is 3. The zero-order chi connectivity index (χ0) is 19.3. The van der Waals surface area contributed by atoms with Crippen LogP contribution in [-0.2, 0) is 16.0 Å². The number of aliphatic hydroxyl groups excluding tert-OH is 1. The van der Waals surface area contributed by atoms with Crippen molar-refractivity contribution in [2.24, 2.45) is 0 Å². The number of carbonyl (C=O) groups excluding carboxylic acids is 1. The quantitative estimate of drug-likeness (QED) is 0.683. The zero-order valence-corrected chi connectivity index (χ0v) is 16.7. The van der Waals surface area contributed by atoms with Crippen LogP contribution in [-0.4, -0.2) is 22.6 Å². The van der Waals surface area contributed by atoms with Gasteiger partial charge in [-0.1, -0.05) is 48.3 Å². The first-order chi connectivity index (χ1) is 12.8.